The fraction of sp³-hybridized carbons (Fsp3) is 0.300. The Hall–Kier alpha value is -1.56. The molecule has 5 nitrogen and oxygen atoms in total. The van der Waals surface area contributed by atoms with Crippen molar-refractivity contribution in [3.8, 4) is 0 Å². The number of aliphatic carboxylic acids is 1. The first-order chi connectivity index (χ1) is 7.52. The van der Waals surface area contributed by atoms with E-state index in [9.17, 15) is 14.9 Å². The van der Waals surface area contributed by atoms with Crippen molar-refractivity contribution in [2.24, 2.45) is 0 Å². The third-order valence-corrected chi connectivity index (χ3v) is 3.01. The molecular weight excluding hydrogens is 230 g/mol. The largest absolute Gasteiger partial charge is 0.481 e. The van der Waals surface area contributed by atoms with Crippen LogP contribution in [0.2, 0.25) is 0 Å². The summed E-state index contributed by atoms with van der Waals surface area (Å²) in [4.78, 5) is 21.2. The Kier molecular flexibility index (Phi) is 4.30. The molecule has 0 radical (unpaired) electrons. The zero-order valence-corrected chi connectivity index (χ0v) is 9.49. The molecule has 0 fully saturated rings. The predicted octanol–water partition coefficient (Wildman–Crippen LogP) is 2.47. The van der Waals surface area contributed by atoms with Gasteiger partial charge in [0.15, 0.2) is 0 Å². The Morgan fingerprint density at radius 2 is 2.25 bits per heavy atom. The third-order valence-electron chi connectivity index (χ3n) is 1.96. The van der Waals surface area contributed by atoms with Gasteiger partial charge in [-0.05, 0) is 13.0 Å². The second-order valence-corrected chi connectivity index (χ2v) is 4.31. The Morgan fingerprint density at radius 1 is 1.56 bits per heavy atom. The van der Waals surface area contributed by atoms with E-state index in [0.717, 1.165) is 0 Å². The highest BCUT2D eigenvalue weighted by Crippen LogP contribution is 2.31. The lowest BCUT2D eigenvalue weighted by Crippen LogP contribution is -1.98. The number of carboxylic acids is 1. The summed E-state index contributed by atoms with van der Waals surface area (Å²) in [6, 6.07) is 5.03. The van der Waals surface area contributed by atoms with E-state index in [2.05, 4.69) is 0 Å². The zero-order chi connectivity index (χ0) is 12.1. The van der Waals surface area contributed by atoms with E-state index in [4.69, 9.17) is 5.11 Å². The number of rotatable bonds is 5. The highest BCUT2D eigenvalue weighted by atomic mass is 32.2. The molecule has 0 bridgehead atoms. The van der Waals surface area contributed by atoms with Crippen molar-refractivity contribution in [1.82, 2.24) is 0 Å². The Bertz CT molecular complexity index is 419. The third kappa shape index (κ3) is 3.23. The van der Waals surface area contributed by atoms with E-state index in [1.54, 1.807) is 25.1 Å². The quantitative estimate of drug-likeness (QED) is 0.486. The molecule has 0 saturated carbocycles. The number of thioether (sulfide) groups is 1. The first-order valence-corrected chi connectivity index (χ1v) is 5.59. The molecule has 86 valence electrons. The van der Waals surface area contributed by atoms with Gasteiger partial charge in [0.1, 0.15) is 0 Å². The fourth-order valence-electron chi connectivity index (χ4n) is 1.23. The monoisotopic (exact) mass is 241 g/mol. The molecule has 0 aliphatic carbocycles. The van der Waals surface area contributed by atoms with E-state index in [1.807, 2.05) is 0 Å². The van der Waals surface area contributed by atoms with Crippen LogP contribution in [0.5, 0.6) is 0 Å². The smallest absolute Gasteiger partial charge is 0.304 e. The van der Waals surface area contributed by atoms with Crippen molar-refractivity contribution in [2.45, 2.75) is 18.2 Å². The Labute approximate surface area is 96.6 Å². The van der Waals surface area contributed by atoms with Crippen molar-refractivity contribution >= 4 is 23.4 Å². The van der Waals surface area contributed by atoms with Gasteiger partial charge in [0.2, 0.25) is 0 Å². The van der Waals surface area contributed by atoms with Crippen LogP contribution in [0.1, 0.15) is 12.0 Å². The maximum absolute atomic E-state index is 10.8. The van der Waals surface area contributed by atoms with Gasteiger partial charge in [-0.3, -0.25) is 14.9 Å². The van der Waals surface area contributed by atoms with E-state index in [-0.39, 0.29) is 12.1 Å². The molecule has 0 aromatic heterocycles. The number of para-hydroxylation sites is 1. The summed E-state index contributed by atoms with van der Waals surface area (Å²) >= 11 is 1.20. The molecule has 1 aromatic carbocycles. The van der Waals surface area contributed by atoms with Gasteiger partial charge in [0.25, 0.3) is 5.69 Å². The number of aryl methyl sites for hydroxylation is 1. The minimum absolute atomic E-state index is 0.00420. The molecule has 0 spiro atoms. The van der Waals surface area contributed by atoms with E-state index >= 15 is 0 Å². The predicted molar refractivity (Wildman–Crippen MR) is 60.8 cm³/mol. The molecule has 6 heteroatoms. The summed E-state index contributed by atoms with van der Waals surface area (Å²) in [5.74, 6) is -0.567. The summed E-state index contributed by atoms with van der Waals surface area (Å²) in [5, 5.41) is 19.3. The number of carboxylic acid groups (broad SMARTS) is 1. The van der Waals surface area contributed by atoms with E-state index in [0.29, 0.717) is 16.2 Å². The van der Waals surface area contributed by atoms with Crippen LogP contribution in [0.25, 0.3) is 0 Å². The van der Waals surface area contributed by atoms with Gasteiger partial charge >= 0.3 is 5.97 Å². The van der Waals surface area contributed by atoms with Crippen molar-refractivity contribution in [3.05, 3.63) is 33.9 Å². The first-order valence-electron chi connectivity index (χ1n) is 4.61. The standard InChI is InChI=1S/C10H11NO4S/c1-7-3-2-4-8(10(7)11(14)15)16-6-5-9(12)13/h2-4H,5-6H2,1H3,(H,12,13). The molecule has 0 atom stereocenters. The maximum atomic E-state index is 10.8. The minimum atomic E-state index is -0.900. The number of hydrogen-bond acceptors (Lipinski definition) is 4. The van der Waals surface area contributed by atoms with Gasteiger partial charge in [-0.15, -0.1) is 11.8 Å². The van der Waals surface area contributed by atoms with Gasteiger partial charge in [0, 0.05) is 11.3 Å². The number of carbonyl (C=O) groups is 1. The van der Waals surface area contributed by atoms with Crippen molar-refractivity contribution in [1.29, 1.82) is 0 Å². The average molecular weight is 241 g/mol. The topological polar surface area (TPSA) is 80.4 Å². The lowest BCUT2D eigenvalue weighted by molar-refractivity contribution is -0.388. The normalized spacial score (nSPS) is 10.1. The van der Waals surface area contributed by atoms with E-state index < -0.39 is 10.9 Å². The summed E-state index contributed by atoms with van der Waals surface area (Å²) in [6.07, 6.45) is -0.00420. The van der Waals surface area contributed by atoms with Gasteiger partial charge in [-0.1, -0.05) is 12.1 Å². The maximum Gasteiger partial charge on any atom is 0.304 e. The summed E-state index contributed by atoms with van der Waals surface area (Å²) < 4.78 is 0. The summed E-state index contributed by atoms with van der Waals surface area (Å²) in [6.45, 7) is 1.67. The van der Waals surface area contributed by atoms with Crippen molar-refractivity contribution in [2.75, 3.05) is 5.75 Å². The fourth-order valence-corrected chi connectivity index (χ4v) is 2.27. The van der Waals surface area contributed by atoms with Crippen LogP contribution in [0, 0.1) is 17.0 Å². The van der Waals surface area contributed by atoms with Crippen LogP contribution >= 0.6 is 11.8 Å². The minimum Gasteiger partial charge on any atom is -0.481 e. The number of nitrogens with zero attached hydrogens (tertiary/aromatic N) is 1. The number of benzene rings is 1. The molecule has 0 aliphatic heterocycles. The van der Waals surface area contributed by atoms with Crippen LogP contribution in [0.15, 0.2) is 23.1 Å². The van der Waals surface area contributed by atoms with Gasteiger partial charge in [-0.25, -0.2) is 0 Å². The second-order valence-electron chi connectivity index (χ2n) is 3.17. The SMILES string of the molecule is Cc1cccc(SCCC(=O)O)c1[N+](=O)[O-]. The average Bonchev–Trinajstić information content (AvgIpc) is 2.16. The number of nitro groups is 1. The highest BCUT2D eigenvalue weighted by Gasteiger charge is 2.16. The molecule has 1 aromatic rings. The molecule has 0 unspecified atom stereocenters. The Balaban J connectivity index is 2.83. The van der Waals surface area contributed by atoms with Crippen LogP contribution in [-0.4, -0.2) is 21.8 Å². The summed E-state index contributed by atoms with van der Waals surface area (Å²) in [7, 11) is 0. The van der Waals surface area contributed by atoms with Crippen LogP contribution in [0.3, 0.4) is 0 Å². The molecule has 0 saturated heterocycles. The molecule has 0 amide bonds. The van der Waals surface area contributed by atoms with Crippen molar-refractivity contribution < 1.29 is 14.8 Å². The first kappa shape index (κ1) is 12.5. The molecule has 1 rings (SSSR count). The molecular formula is C10H11NO4S. The van der Waals surface area contributed by atoms with Gasteiger partial charge < -0.3 is 5.11 Å². The number of nitro benzene ring substituents is 1. The van der Waals surface area contributed by atoms with Crippen LogP contribution < -0.4 is 0 Å². The number of hydrogen-bond donors (Lipinski definition) is 1. The van der Waals surface area contributed by atoms with Gasteiger partial charge in [-0.2, -0.15) is 0 Å². The lowest BCUT2D eigenvalue weighted by Gasteiger charge is -2.03. The lowest BCUT2D eigenvalue weighted by atomic mass is 10.2. The highest BCUT2D eigenvalue weighted by molar-refractivity contribution is 7.99. The van der Waals surface area contributed by atoms with Gasteiger partial charge in [0.05, 0.1) is 16.2 Å². The van der Waals surface area contributed by atoms with E-state index in [1.165, 1.54) is 11.8 Å². The van der Waals surface area contributed by atoms with Crippen molar-refractivity contribution in [3.63, 3.8) is 0 Å². The van der Waals surface area contributed by atoms with Crippen LogP contribution in [0.4, 0.5) is 5.69 Å². The zero-order valence-electron chi connectivity index (χ0n) is 8.67. The molecule has 0 heterocycles. The second kappa shape index (κ2) is 5.50. The van der Waals surface area contributed by atoms with Crippen LogP contribution in [-0.2, 0) is 4.79 Å². The summed E-state index contributed by atoms with van der Waals surface area (Å²) in [5.41, 5.74) is 0.656. The Morgan fingerprint density at radius 3 is 2.81 bits per heavy atom. The molecule has 16 heavy (non-hydrogen) atoms. The molecule has 1 N–H and O–H groups in total. The molecule has 0 aliphatic rings.